The number of hydrogen-bond acceptors (Lipinski definition) is 7. The number of para-hydroxylation sites is 2. The molecule has 56 heavy (non-hydrogen) atoms. The standard InChI is InChI=1S/C25H27N3O4S2.C19H15N3/c1-3-17-33(29,30)28(34(31,32)18-4-2)22-15-16-24-23(19-22)26-25(20-11-7-5-8-12-20)27(24)21-13-9-6-10-14-21;20-15-11-12-18-17(13-15)21-19(14-7-3-1-4-8-14)22(18)16-9-5-2-6-10-16/h5-16,19H,3-4,17-18H2,1-2H3;1-13H,20H2. The monoisotopic (exact) mass is 782 g/mol. The number of nitrogen functional groups attached to an aromatic ring is 1. The lowest BCUT2D eigenvalue weighted by molar-refractivity contribution is 0.583. The molecule has 10 nitrogen and oxygen atoms in total. The maximum atomic E-state index is 13.0. The Balaban J connectivity index is 0.000000187. The summed E-state index contributed by atoms with van der Waals surface area (Å²) in [4.78, 5) is 9.61. The van der Waals surface area contributed by atoms with Crippen LogP contribution in [0, 0.1) is 0 Å². The molecule has 284 valence electrons. The van der Waals surface area contributed by atoms with E-state index in [1.807, 2.05) is 120 Å². The molecule has 2 aromatic heterocycles. The third-order valence-electron chi connectivity index (χ3n) is 9.05. The first-order valence-corrected chi connectivity index (χ1v) is 21.6. The summed E-state index contributed by atoms with van der Waals surface area (Å²) in [7, 11) is -8.14. The SMILES string of the molecule is CCCS(=O)(=O)N(c1ccc2c(c1)nc(-c1ccccc1)n2-c1ccccc1)S(=O)(=O)CCC.Nc1ccc2c(c1)nc(-c1ccccc1)n2-c1ccccc1. The van der Waals surface area contributed by atoms with Crippen molar-refractivity contribution in [3.63, 3.8) is 0 Å². The fraction of sp³-hybridized carbons (Fsp3) is 0.136. The van der Waals surface area contributed by atoms with Crippen molar-refractivity contribution in [3.05, 3.63) is 158 Å². The average Bonchev–Trinajstić information content (AvgIpc) is 3.78. The molecule has 0 saturated heterocycles. The largest absolute Gasteiger partial charge is 0.399 e. The van der Waals surface area contributed by atoms with Gasteiger partial charge in [-0.2, -0.15) is 3.71 Å². The molecule has 0 unspecified atom stereocenters. The molecule has 0 radical (unpaired) electrons. The normalized spacial score (nSPS) is 11.7. The van der Waals surface area contributed by atoms with E-state index in [1.54, 1.807) is 32.0 Å². The minimum Gasteiger partial charge on any atom is -0.399 e. The van der Waals surface area contributed by atoms with Gasteiger partial charge in [0.25, 0.3) is 0 Å². The van der Waals surface area contributed by atoms with E-state index < -0.39 is 20.0 Å². The van der Waals surface area contributed by atoms with Gasteiger partial charge in [0, 0.05) is 28.2 Å². The van der Waals surface area contributed by atoms with Gasteiger partial charge < -0.3 is 5.73 Å². The van der Waals surface area contributed by atoms with Crippen molar-refractivity contribution in [1.82, 2.24) is 19.1 Å². The van der Waals surface area contributed by atoms with Crippen molar-refractivity contribution in [1.29, 1.82) is 0 Å². The summed E-state index contributed by atoms with van der Waals surface area (Å²) >= 11 is 0. The fourth-order valence-corrected chi connectivity index (χ4v) is 10.8. The highest BCUT2D eigenvalue weighted by molar-refractivity contribution is 8.10. The zero-order chi connectivity index (χ0) is 39.3. The zero-order valence-corrected chi connectivity index (χ0v) is 32.7. The van der Waals surface area contributed by atoms with Crippen LogP contribution in [0.4, 0.5) is 11.4 Å². The van der Waals surface area contributed by atoms with Crippen LogP contribution in [0.1, 0.15) is 26.7 Å². The van der Waals surface area contributed by atoms with Crippen molar-refractivity contribution in [2.24, 2.45) is 0 Å². The number of anilines is 2. The Labute approximate surface area is 327 Å². The van der Waals surface area contributed by atoms with E-state index in [4.69, 9.17) is 15.7 Å². The molecule has 2 N–H and O–H groups in total. The van der Waals surface area contributed by atoms with Crippen molar-refractivity contribution in [3.8, 4) is 34.2 Å². The molecule has 0 aliphatic carbocycles. The van der Waals surface area contributed by atoms with Crippen LogP contribution in [0.3, 0.4) is 0 Å². The second kappa shape index (κ2) is 16.2. The first-order valence-electron chi connectivity index (χ1n) is 18.4. The van der Waals surface area contributed by atoms with E-state index >= 15 is 0 Å². The average molecular weight is 783 g/mol. The second-order valence-corrected chi connectivity index (χ2v) is 17.3. The van der Waals surface area contributed by atoms with E-state index in [2.05, 4.69) is 28.8 Å². The van der Waals surface area contributed by atoms with Crippen LogP contribution in [0.2, 0.25) is 0 Å². The zero-order valence-electron chi connectivity index (χ0n) is 31.1. The van der Waals surface area contributed by atoms with Gasteiger partial charge in [-0.05, 0) is 73.5 Å². The van der Waals surface area contributed by atoms with Crippen molar-refractivity contribution in [2.45, 2.75) is 26.7 Å². The Bertz CT molecular complexity index is 2770. The molecule has 0 aliphatic rings. The van der Waals surface area contributed by atoms with Crippen LogP contribution in [0.5, 0.6) is 0 Å². The van der Waals surface area contributed by atoms with Gasteiger partial charge in [-0.1, -0.05) is 111 Å². The summed E-state index contributed by atoms with van der Waals surface area (Å²) in [5, 5.41) is 0. The van der Waals surface area contributed by atoms with Gasteiger partial charge in [0.05, 0.1) is 39.3 Å². The minimum absolute atomic E-state index is 0.0757. The highest BCUT2D eigenvalue weighted by Gasteiger charge is 2.33. The summed E-state index contributed by atoms with van der Waals surface area (Å²) in [6.45, 7) is 3.41. The lowest BCUT2D eigenvalue weighted by Gasteiger charge is -2.23. The summed E-state index contributed by atoms with van der Waals surface area (Å²) < 4.78 is 56.9. The van der Waals surface area contributed by atoms with Gasteiger partial charge >= 0.3 is 0 Å². The number of benzene rings is 6. The quantitative estimate of drug-likeness (QED) is 0.129. The predicted octanol–water partition coefficient (Wildman–Crippen LogP) is 9.25. The van der Waals surface area contributed by atoms with E-state index in [1.165, 1.54) is 0 Å². The number of aromatic nitrogens is 4. The molecule has 0 spiro atoms. The molecule has 0 fully saturated rings. The lowest BCUT2D eigenvalue weighted by atomic mass is 10.2. The summed E-state index contributed by atoms with van der Waals surface area (Å²) in [5.74, 6) is 1.08. The second-order valence-electron chi connectivity index (χ2n) is 13.2. The molecule has 2 heterocycles. The Hall–Kier alpha value is -6.24. The van der Waals surface area contributed by atoms with Gasteiger partial charge in [-0.3, -0.25) is 9.13 Å². The number of imidazole rings is 2. The van der Waals surface area contributed by atoms with Crippen LogP contribution in [0.25, 0.3) is 56.2 Å². The van der Waals surface area contributed by atoms with Crippen LogP contribution in [0.15, 0.2) is 158 Å². The highest BCUT2D eigenvalue weighted by Crippen LogP contribution is 2.33. The van der Waals surface area contributed by atoms with E-state index in [0.717, 1.165) is 50.6 Å². The number of nitrogens with zero attached hydrogens (tertiary/aromatic N) is 5. The van der Waals surface area contributed by atoms with E-state index in [-0.39, 0.29) is 17.2 Å². The molecule has 0 amide bonds. The van der Waals surface area contributed by atoms with Crippen LogP contribution < -0.4 is 9.44 Å². The lowest BCUT2D eigenvalue weighted by Crippen LogP contribution is -2.39. The molecule has 0 atom stereocenters. The predicted molar refractivity (Wildman–Crippen MR) is 228 cm³/mol. The smallest absolute Gasteiger partial charge is 0.248 e. The van der Waals surface area contributed by atoms with Gasteiger partial charge in [-0.15, -0.1) is 0 Å². The van der Waals surface area contributed by atoms with Gasteiger partial charge in [0.1, 0.15) is 11.6 Å². The molecule has 8 aromatic rings. The van der Waals surface area contributed by atoms with Crippen molar-refractivity contribution < 1.29 is 16.8 Å². The maximum absolute atomic E-state index is 13.0. The Morgan fingerprint density at radius 3 is 1.34 bits per heavy atom. The highest BCUT2D eigenvalue weighted by atomic mass is 32.3. The Morgan fingerprint density at radius 1 is 0.518 bits per heavy atom. The Kier molecular flexibility index (Phi) is 11.0. The fourth-order valence-electron chi connectivity index (χ4n) is 6.69. The number of hydrogen-bond donors (Lipinski definition) is 1. The number of fused-ring (bicyclic) bond motifs is 2. The number of rotatable bonds is 11. The summed E-state index contributed by atoms with van der Waals surface area (Å²) in [6, 6.07) is 50.5. The maximum Gasteiger partial charge on any atom is 0.248 e. The molecule has 0 saturated carbocycles. The van der Waals surface area contributed by atoms with Crippen molar-refractivity contribution in [2.75, 3.05) is 20.9 Å². The molecule has 6 aromatic carbocycles. The van der Waals surface area contributed by atoms with Gasteiger partial charge in [0.2, 0.25) is 20.0 Å². The summed E-state index contributed by atoms with van der Waals surface area (Å²) in [6.07, 6.45) is 0.618. The first-order chi connectivity index (χ1) is 27.1. The summed E-state index contributed by atoms with van der Waals surface area (Å²) in [5.41, 5.74) is 13.9. The molecule has 12 heteroatoms. The third-order valence-corrected chi connectivity index (χ3v) is 13.7. The molecular formula is C44H42N6O4S2. The van der Waals surface area contributed by atoms with Crippen LogP contribution in [-0.2, 0) is 20.0 Å². The van der Waals surface area contributed by atoms with Crippen molar-refractivity contribution >= 4 is 53.5 Å². The van der Waals surface area contributed by atoms with Gasteiger partial charge in [-0.25, -0.2) is 26.8 Å². The molecular weight excluding hydrogens is 741 g/mol. The minimum atomic E-state index is -4.07. The topological polar surface area (TPSA) is 133 Å². The van der Waals surface area contributed by atoms with E-state index in [9.17, 15) is 16.8 Å². The third kappa shape index (κ3) is 7.79. The molecule has 8 rings (SSSR count). The van der Waals surface area contributed by atoms with Crippen LogP contribution >= 0.6 is 0 Å². The molecule has 0 aliphatic heterocycles. The molecule has 0 bridgehead atoms. The number of nitrogens with two attached hydrogens (primary N) is 1. The Morgan fingerprint density at radius 2 is 0.911 bits per heavy atom. The van der Waals surface area contributed by atoms with Crippen LogP contribution in [-0.4, -0.2) is 47.4 Å². The van der Waals surface area contributed by atoms with E-state index in [0.29, 0.717) is 27.9 Å². The number of sulfonamides is 2. The van der Waals surface area contributed by atoms with Gasteiger partial charge in [0.15, 0.2) is 0 Å². The first kappa shape index (κ1) is 38.1.